The fourth-order valence-corrected chi connectivity index (χ4v) is 1.94. The molecule has 3 nitrogen and oxygen atoms in total. The second kappa shape index (κ2) is 2.96. The summed E-state index contributed by atoms with van der Waals surface area (Å²) in [4.78, 5) is 11.5. The van der Waals surface area contributed by atoms with Gasteiger partial charge in [0, 0.05) is 16.5 Å². The van der Waals surface area contributed by atoms with Gasteiger partial charge in [-0.1, -0.05) is 33.2 Å². The zero-order valence-corrected chi connectivity index (χ0v) is 8.21. The molecule has 0 spiro atoms. The molecular weight excluding hydrogens is 234 g/mol. The molecule has 1 aromatic carbocycles. The van der Waals surface area contributed by atoms with Crippen molar-refractivity contribution in [3.8, 4) is 0 Å². The molecule has 0 fully saturated rings. The maximum Gasteiger partial charge on any atom is 0.211 e. The van der Waals surface area contributed by atoms with Crippen molar-refractivity contribution in [2.45, 2.75) is 6.42 Å². The van der Waals surface area contributed by atoms with Crippen LogP contribution in [-0.2, 0) is 6.42 Å². The van der Waals surface area contributed by atoms with Gasteiger partial charge in [-0.15, -0.1) is 0 Å². The monoisotopic (exact) mass is 239 g/mol. The van der Waals surface area contributed by atoms with Crippen LogP contribution in [0.15, 0.2) is 27.8 Å². The van der Waals surface area contributed by atoms with Crippen LogP contribution in [0.5, 0.6) is 0 Å². The number of hydrogen-bond donors (Lipinski definition) is 1. The predicted octanol–water partition coefficient (Wildman–Crippen LogP) is 2.02. The van der Waals surface area contributed by atoms with Gasteiger partial charge >= 0.3 is 0 Å². The molecule has 0 atom stereocenters. The van der Waals surface area contributed by atoms with Gasteiger partial charge in [0.25, 0.3) is 0 Å². The molecule has 0 saturated heterocycles. The topological polar surface area (TPSA) is 49.7 Å². The third-order valence-electron chi connectivity index (χ3n) is 2.09. The summed E-state index contributed by atoms with van der Waals surface area (Å²) in [5.74, 6) is -0.182. The Labute approximate surface area is 83.2 Å². The molecule has 13 heavy (non-hydrogen) atoms. The van der Waals surface area contributed by atoms with Crippen LogP contribution in [0.2, 0.25) is 0 Å². The van der Waals surface area contributed by atoms with E-state index in [1.807, 2.05) is 6.07 Å². The van der Waals surface area contributed by atoms with Crippen molar-refractivity contribution >= 4 is 27.4 Å². The standard InChI is InChI=1S/C9H6BrNO2/c10-7-3-1-2-5-6(7)4-8(11-13)9(5)12/h1-3,13H,4H2/b11-8-. The van der Waals surface area contributed by atoms with E-state index in [0.717, 1.165) is 10.0 Å². The number of halogens is 1. The third-order valence-corrected chi connectivity index (χ3v) is 2.83. The van der Waals surface area contributed by atoms with Crippen LogP contribution in [0, 0.1) is 0 Å². The van der Waals surface area contributed by atoms with Gasteiger partial charge in [0.2, 0.25) is 5.78 Å². The Morgan fingerprint density at radius 2 is 2.23 bits per heavy atom. The maximum absolute atomic E-state index is 11.5. The minimum atomic E-state index is -0.182. The first-order valence-electron chi connectivity index (χ1n) is 3.77. The van der Waals surface area contributed by atoms with Crippen molar-refractivity contribution in [2.24, 2.45) is 5.16 Å². The van der Waals surface area contributed by atoms with Gasteiger partial charge < -0.3 is 5.21 Å². The maximum atomic E-state index is 11.5. The highest BCUT2D eigenvalue weighted by Gasteiger charge is 2.28. The molecule has 0 aromatic heterocycles. The Hall–Kier alpha value is -1.16. The van der Waals surface area contributed by atoms with Crippen LogP contribution in [-0.4, -0.2) is 16.7 Å². The average molecular weight is 240 g/mol. The van der Waals surface area contributed by atoms with E-state index in [1.165, 1.54) is 0 Å². The zero-order chi connectivity index (χ0) is 9.42. The van der Waals surface area contributed by atoms with Crippen molar-refractivity contribution in [3.05, 3.63) is 33.8 Å². The smallest absolute Gasteiger partial charge is 0.211 e. The first-order valence-corrected chi connectivity index (χ1v) is 4.56. The van der Waals surface area contributed by atoms with Crippen molar-refractivity contribution in [3.63, 3.8) is 0 Å². The van der Waals surface area contributed by atoms with Gasteiger partial charge in [0.1, 0.15) is 5.71 Å². The Bertz CT molecular complexity index is 412. The van der Waals surface area contributed by atoms with Gasteiger partial charge in [0.05, 0.1) is 0 Å². The third kappa shape index (κ3) is 1.18. The second-order valence-corrected chi connectivity index (χ2v) is 3.67. The van der Waals surface area contributed by atoms with Crippen LogP contribution < -0.4 is 0 Å². The number of hydrogen-bond acceptors (Lipinski definition) is 3. The van der Waals surface area contributed by atoms with E-state index in [1.54, 1.807) is 12.1 Å². The highest BCUT2D eigenvalue weighted by Crippen LogP contribution is 2.27. The lowest BCUT2D eigenvalue weighted by Gasteiger charge is -1.97. The van der Waals surface area contributed by atoms with Gasteiger partial charge in [-0.05, 0) is 11.6 Å². The van der Waals surface area contributed by atoms with Crippen LogP contribution in [0.3, 0.4) is 0 Å². The number of carbonyl (C=O) groups is 1. The van der Waals surface area contributed by atoms with E-state index in [2.05, 4.69) is 21.1 Å². The molecule has 0 unspecified atom stereocenters. The first kappa shape index (κ1) is 8.44. The van der Waals surface area contributed by atoms with Crippen molar-refractivity contribution in [2.75, 3.05) is 0 Å². The van der Waals surface area contributed by atoms with E-state index in [-0.39, 0.29) is 11.5 Å². The number of benzene rings is 1. The molecule has 0 heterocycles. The van der Waals surface area contributed by atoms with Gasteiger partial charge in [-0.25, -0.2) is 0 Å². The number of nitrogens with zero attached hydrogens (tertiary/aromatic N) is 1. The lowest BCUT2D eigenvalue weighted by Crippen LogP contribution is -2.06. The van der Waals surface area contributed by atoms with E-state index < -0.39 is 0 Å². The number of oxime groups is 1. The molecule has 66 valence electrons. The molecule has 0 radical (unpaired) electrons. The molecule has 1 aliphatic carbocycles. The number of fused-ring (bicyclic) bond motifs is 1. The Kier molecular flexibility index (Phi) is 1.92. The minimum absolute atomic E-state index is 0.182. The largest absolute Gasteiger partial charge is 0.411 e. The van der Waals surface area contributed by atoms with Gasteiger partial charge in [-0.2, -0.15) is 0 Å². The summed E-state index contributed by atoms with van der Waals surface area (Å²) in [6.07, 6.45) is 0.409. The molecule has 0 aliphatic heterocycles. The summed E-state index contributed by atoms with van der Waals surface area (Å²) in [5, 5.41) is 11.5. The summed E-state index contributed by atoms with van der Waals surface area (Å²) in [5.41, 5.74) is 1.74. The molecule has 4 heteroatoms. The first-order chi connectivity index (χ1) is 6.24. The summed E-state index contributed by atoms with van der Waals surface area (Å²) in [6, 6.07) is 5.40. The molecular formula is C9H6BrNO2. The molecule has 2 rings (SSSR count). The van der Waals surface area contributed by atoms with Crippen LogP contribution in [0.25, 0.3) is 0 Å². The quantitative estimate of drug-likeness (QED) is 0.557. The Morgan fingerprint density at radius 1 is 1.46 bits per heavy atom. The van der Waals surface area contributed by atoms with Gasteiger partial charge in [0.15, 0.2) is 0 Å². The number of Topliss-reactive ketones (excluding diaryl/α,β-unsaturated/α-hetero) is 1. The predicted molar refractivity (Wildman–Crippen MR) is 51.4 cm³/mol. The van der Waals surface area contributed by atoms with Crippen molar-refractivity contribution < 1.29 is 10.0 Å². The van der Waals surface area contributed by atoms with E-state index in [0.29, 0.717) is 12.0 Å². The van der Waals surface area contributed by atoms with Crippen LogP contribution in [0.4, 0.5) is 0 Å². The summed E-state index contributed by atoms with van der Waals surface area (Å²) >= 11 is 3.34. The molecule has 1 aliphatic rings. The highest BCUT2D eigenvalue weighted by molar-refractivity contribution is 9.10. The summed E-state index contributed by atoms with van der Waals surface area (Å²) in [6.45, 7) is 0. The lowest BCUT2D eigenvalue weighted by molar-refractivity contribution is 0.106. The number of carbonyl (C=O) groups excluding carboxylic acids is 1. The molecule has 1 aromatic rings. The fourth-order valence-electron chi connectivity index (χ4n) is 1.43. The Balaban J connectivity index is 2.62. The number of rotatable bonds is 0. The van der Waals surface area contributed by atoms with E-state index >= 15 is 0 Å². The minimum Gasteiger partial charge on any atom is -0.411 e. The van der Waals surface area contributed by atoms with Crippen LogP contribution in [0.1, 0.15) is 15.9 Å². The fraction of sp³-hybridized carbons (Fsp3) is 0.111. The number of ketones is 1. The highest BCUT2D eigenvalue weighted by atomic mass is 79.9. The second-order valence-electron chi connectivity index (χ2n) is 2.82. The average Bonchev–Trinajstić information content (AvgIpc) is 2.45. The SMILES string of the molecule is O=C1/C(=N\O)Cc2c(Br)cccc21. The summed E-state index contributed by atoms with van der Waals surface area (Å²) < 4.78 is 0.886. The summed E-state index contributed by atoms with van der Waals surface area (Å²) in [7, 11) is 0. The van der Waals surface area contributed by atoms with Gasteiger partial charge in [-0.3, -0.25) is 4.79 Å². The van der Waals surface area contributed by atoms with Crippen molar-refractivity contribution in [1.82, 2.24) is 0 Å². The Morgan fingerprint density at radius 3 is 2.85 bits per heavy atom. The van der Waals surface area contributed by atoms with Crippen molar-refractivity contribution in [1.29, 1.82) is 0 Å². The van der Waals surface area contributed by atoms with Crippen LogP contribution >= 0.6 is 15.9 Å². The van der Waals surface area contributed by atoms with E-state index in [4.69, 9.17) is 5.21 Å². The molecule has 0 bridgehead atoms. The normalized spacial score (nSPS) is 17.9. The van der Waals surface area contributed by atoms with E-state index in [9.17, 15) is 4.79 Å². The molecule has 1 N–H and O–H groups in total. The molecule has 0 amide bonds. The molecule has 0 saturated carbocycles. The zero-order valence-electron chi connectivity index (χ0n) is 6.62. The lowest BCUT2D eigenvalue weighted by atomic mass is 10.1.